The minimum Gasteiger partial charge on any atom is -0.377 e. The van der Waals surface area contributed by atoms with Crippen LogP contribution in [0.4, 0.5) is 5.82 Å². The fourth-order valence-corrected chi connectivity index (χ4v) is 1.87. The van der Waals surface area contributed by atoms with Gasteiger partial charge in [-0.15, -0.1) is 4.98 Å². The summed E-state index contributed by atoms with van der Waals surface area (Å²) in [6.45, 7) is 10.3. The lowest BCUT2D eigenvalue weighted by Gasteiger charge is -2.26. The van der Waals surface area contributed by atoms with E-state index in [0.717, 1.165) is 16.7 Å². The summed E-state index contributed by atoms with van der Waals surface area (Å²) < 4.78 is 7.11. The molecule has 1 aliphatic heterocycles. The van der Waals surface area contributed by atoms with E-state index in [9.17, 15) is 0 Å². The molecule has 0 unspecified atom stereocenters. The van der Waals surface area contributed by atoms with Gasteiger partial charge in [0.15, 0.2) is 0 Å². The van der Waals surface area contributed by atoms with E-state index in [0.29, 0.717) is 25.1 Å². The number of fused-ring (bicyclic) bond motifs is 1. The van der Waals surface area contributed by atoms with Crippen LogP contribution >= 0.6 is 0 Å². The molecule has 2 aromatic rings. The van der Waals surface area contributed by atoms with E-state index >= 15 is 0 Å². The van der Waals surface area contributed by atoms with Gasteiger partial charge in [0.25, 0.3) is 5.82 Å². The van der Waals surface area contributed by atoms with Crippen molar-refractivity contribution >= 4 is 16.9 Å². The lowest BCUT2D eigenvalue weighted by Crippen LogP contribution is -2.31. The van der Waals surface area contributed by atoms with Crippen LogP contribution in [0.25, 0.3) is 15.9 Å². The third-order valence-electron chi connectivity index (χ3n) is 2.84. The van der Waals surface area contributed by atoms with E-state index in [1.165, 1.54) is 0 Å². The Labute approximate surface area is 92.5 Å². The number of rotatable bonds is 1. The Bertz CT molecular complexity index is 592. The normalized spacial score (nSPS) is 16.0. The van der Waals surface area contributed by atoms with E-state index in [-0.39, 0.29) is 0 Å². The maximum absolute atomic E-state index is 6.94. The minimum atomic E-state index is 0.325. The van der Waals surface area contributed by atoms with Crippen LogP contribution in [0.1, 0.15) is 11.7 Å². The molecule has 1 saturated heterocycles. The topological polar surface area (TPSA) is 44.3 Å². The summed E-state index contributed by atoms with van der Waals surface area (Å²) >= 11 is 0. The lowest BCUT2D eigenvalue weighted by molar-refractivity contribution is -0.0292. The van der Waals surface area contributed by atoms with Gasteiger partial charge >= 0.3 is 0 Å². The molecule has 1 fully saturated rings. The van der Waals surface area contributed by atoms with Gasteiger partial charge in [0.2, 0.25) is 5.52 Å². The van der Waals surface area contributed by atoms with Gasteiger partial charge in [-0.25, -0.2) is 0 Å². The zero-order chi connectivity index (χ0) is 11.1. The fraction of sp³-hybridized carbons (Fsp3) is 0.364. The van der Waals surface area contributed by atoms with Crippen LogP contribution in [0.2, 0.25) is 0 Å². The molecule has 0 saturated carbocycles. The van der Waals surface area contributed by atoms with Gasteiger partial charge in [0.05, 0.1) is 24.9 Å². The first-order chi connectivity index (χ1) is 7.79. The van der Waals surface area contributed by atoms with Crippen molar-refractivity contribution in [1.29, 1.82) is 0 Å². The van der Waals surface area contributed by atoms with Crippen LogP contribution in [0.15, 0.2) is 12.1 Å². The average Bonchev–Trinajstić information content (AvgIpc) is 2.54. The molecule has 3 rings (SSSR count). The summed E-state index contributed by atoms with van der Waals surface area (Å²) in [5.74, 6) is 0.417. The van der Waals surface area contributed by atoms with Crippen molar-refractivity contribution in [3.8, 4) is 0 Å². The Morgan fingerprint density at radius 3 is 2.94 bits per heavy atom. The summed E-state index contributed by atoms with van der Waals surface area (Å²) in [4.78, 5) is 7.60. The Kier molecular flexibility index (Phi) is 1.91. The standard InChI is InChI=1S/C11H10N4O/c1-7-11-9(3-4-10(12-2)13-11)14-15(7)8-5-16-6-8/h3-4,8H,5-6H2,1H3. The van der Waals surface area contributed by atoms with Gasteiger partial charge in [-0.05, 0) is 19.1 Å². The molecule has 3 heterocycles. The number of nitrogens with zero attached hydrogens (tertiary/aromatic N) is 4. The smallest absolute Gasteiger partial charge is 0.270 e. The third-order valence-corrected chi connectivity index (χ3v) is 2.84. The number of hydrogen-bond acceptors (Lipinski definition) is 3. The van der Waals surface area contributed by atoms with Crippen molar-refractivity contribution in [1.82, 2.24) is 14.8 Å². The number of pyridine rings is 1. The Hall–Kier alpha value is -1.93. The summed E-state index contributed by atoms with van der Waals surface area (Å²) in [6, 6.07) is 3.87. The minimum absolute atomic E-state index is 0.325. The third kappa shape index (κ3) is 1.20. The van der Waals surface area contributed by atoms with Crippen LogP contribution < -0.4 is 0 Å². The largest absolute Gasteiger partial charge is 0.377 e. The average molecular weight is 214 g/mol. The molecule has 0 aromatic carbocycles. The van der Waals surface area contributed by atoms with Crippen molar-refractivity contribution in [3.63, 3.8) is 0 Å². The number of hydrogen-bond donors (Lipinski definition) is 0. The maximum Gasteiger partial charge on any atom is 0.270 e. The summed E-state index contributed by atoms with van der Waals surface area (Å²) in [7, 11) is 0. The van der Waals surface area contributed by atoms with Gasteiger partial charge in [0, 0.05) is 0 Å². The molecule has 0 radical (unpaired) electrons. The SMILES string of the molecule is [C-]#[N+]c1ccc2nn(C3COC3)c(C)c2n1. The first-order valence-electron chi connectivity index (χ1n) is 5.10. The van der Waals surface area contributed by atoms with Gasteiger partial charge in [-0.1, -0.05) is 6.57 Å². The van der Waals surface area contributed by atoms with Gasteiger partial charge in [-0.2, -0.15) is 5.10 Å². The number of ether oxygens (including phenoxy) is 1. The predicted molar refractivity (Wildman–Crippen MR) is 58.4 cm³/mol. The molecule has 1 aliphatic rings. The van der Waals surface area contributed by atoms with Crippen LogP contribution in [0.5, 0.6) is 0 Å². The Morgan fingerprint density at radius 2 is 2.31 bits per heavy atom. The van der Waals surface area contributed by atoms with Crippen molar-refractivity contribution in [2.75, 3.05) is 13.2 Å². The van der Waals surface area contributed by atoms with Crippen molar-refractivity contribution < 1.29 is 4.74 Å². The number of aromatic nitrogens is 3. The fourth-order valence-electron chi connectivity index (χ4n) is 1.87. The summed E-state index contributed by atoms with van der Waals surface area (Å²) in [6.07, 6.45) is 0. The second-order valence-corrected chi connectivity index (χ2v) is 3.87. The molecule has 5 nitrogen and oxygen atoms in total. The van der Waals surface area contributed by atoms with Crippen molar-refractivity contribution in [3.05, 3.63) is 29.2 Å². The van der Waals surface area contributed by atoms with E-state index < -0.39 is 0 Å². The van der Waals surface area contributed by atoms with E-state index in [2.05, 4.69) is 14.9 Å². The molecule has 0 N–H and O–H groups in total. The molecule has 0 amide bonds. The van der Waals surface area contributed by atoms with E-state index in [1.54, 1.807) is 6.07 Å². The van der Waals surface area contributed by atoms with Crippen LogP contribution in [-0.2, 0) is 4.74 Å². The van der Waals surface area contributed by atoms with Crippen LogP contribution in [0.3, 0.4) is 0 Å². The molecule has 0 aliphatic carbocycles. The second-order valence-electron chi connectivity index (χ2n) is 3.87. The monoisotopic (exact) mass is 214 g/mol. The zero-order valence-corrected chi connectivity index (χ0v) is 8.84. The van der Waals surface area contributed by atoms with Crippen LogP contribution in [-0.4, -0.2) is 28.0 Å². The van der Waals surface area contributed by atoms with Gasteiger partial charge in [0.1, 0.15) is 5.52 Å². The van der Waals surface area contributed by atoms with E-state index in [1.807, 2.05) is 17.7 Å². The van der Waals surface area contributed by atoms with Crippen LogP contribution in [0, 0.1) is 13.5 Å². The molecule has 16 heavy (non-hydrogen) atoms. The second kappa shape index (κ2) is 3.29. The molecule has 2 aromatic heterocycles. The first-order valence-corrected chi connectivity index (χ1v) is 5.10. The maximum atomic E-state index is 6.94. The molecule has 0 spiro atoms. The number of aryl methyl sites for hydroxylation is 1. The molecule has 0 bridgehead atoms. The first kappa shape index (κ1) is 9.31. The quantitative estimate of drug-likeness (QED) is 0.680. The summed E-state index contributed by atoms with van der Waals surface area (Å²) in [5, 5.41) is 4.48. The van der Waals surface area contributed by atoms with Crippen molar-refractivity contribution in [2.24, 2.45) is 0 Å². The Balaban J connectivity index is 2.19. The van der Waals surface area contributed by atoms with Crippen molar-refractivity contribution in [2.45, 2.75) is 13.0 Å². The van der Waals surface area contributed by atoms with E-state index in [4.69, 9.17) is 11.3 Å². The predicted octanol–water partition coefficient (Wildman–Crippen LogP) is 1.86. The molecular weight excluding hydrogens is 204 g/mol. The highest BCUT2D eigenvalue weighted by molar-refractivity contribution is 5.78. The molecular formula is C11H10N4O. The highest BCUT2D eigenvalue weighted by Gasteiger charge is 2.25. The highest BCUT2D eigenvalue weighted by atomic mass is 16.5. The lowest BCUT2D eigenvalue weighted by atomic mass is 10.2. The molecule has 5 heteroatoms. The Morgan fingerprint density at radius 1 is 1.50 bits per heavy atom. The van der Waals surface area contributed by atoms with Gasteiger partial charge in [-0.3, -0.25) is 4.68 Å². The summed E-state index contributed by atoms with van der Waals surface area (Å²) in [5.41, 5.74) is 2.67. The highest BCUT2D eigenvalue weighted by Crippen LogP contribution is 2.25. The zero-order valence-electron chi connectivity index (χ0n) is 8.84. The molecule has 0 atom stereocenters. The van der Waals surface area contributed by atoms with Gasteiger partial charge < -0.3 is 9.58 Å². The molecule has 80 valence electrons.